The van der Waals surface area contributed by atoms with E-state index in [1.165, 1.54) is 11.8 Å². The third-order valence-electron chi connectivity index (χ3n) is 3.09. The molecule has 0 radical (unpaired) electrons. The molecule has 1 atom stereocenters. The molecule has 0 aliphatic heterocycles. The van der Waals surface area contributed by atoms with Crippen molar-refractivity contribution < 1.29 is 9.90 Å². The number of aliphatic carboxylic acids is 1. The fraction of sp³-hybridized carbons (Fsp3) is 0.357. The van der Waals surface area contributed by atoms with Crippen molar-refractivity contribution in [3.63, 3.8) is 0 Å². The van der Waals surface area contributed by atoms with E-state index < -0.39 is 5.97 Å². The topological polar surface area (TPSA) is 68.0 Å². The first kappa shape index (κ1) is 15.9. The molecular formula is C14H16ClN3O2S. The Labute approximate surface area is 132 Å². The SMILES string of the molecule is CCc1nnc(SCC(=O)O)n1C(C)c1cccc(Cl)c1. The highest BCUT2D eigenvalue weighted by molar-refractivity contribution is 7.99. The predicted octanol–water partition coefficient (Wildman–Crippen LogP) is 3.28. The van der Waals surface area contributed by atoms with Crippen molar-refractivity contribution in [2.24, 2.45) is 0 Å². The zero-order valence-corrected chi connectivity index (χ0v) is 13.4. The average molecular weight is 326 g/mol. The lowest BCUT2D eigenvalue weighted by molar-refractivity contribution is -0.133. The fourth-order valence-electron chi connectivity index (χ4n) is 2.08. The molecule has 2 aromatic rings. The van der Waals surface area contributed by atoms with Crippen LogP contribution in [0.2, 0.25) is 5.02 Å². The quantitative estimate of drug-likeness (QED) is 0.825. The van der Waals surface area contributed by atoms with Gasteiger partial charge < -0.3 is 5.11 Å². The molecule has 112 valence electrons. The van der Waals surface area contributed by atoms with Gasteiger partial charge in [0, 0.05) is 11.4 Å². The summed E-state index contributed by atoms with van der Waals surface area (Å²) in [6, 6.07) is 7.60. The molecule has 0 amide bonds. The summed E-state index contributed by atoms with van der Waals surface area (Å²) in [5, 5.41) is 18.4. The van der Waals surface area contributed by atoms with Gasteiger partial charge in [0.1, 0.15) is 5.82 Å². The van der Waals surface area contributed by atoms with E-state index in [9.17, 15) is 4.79 Å². The minimum atomic E-state index is -0.872. The van der Waals surface area contributed by atoms with Crippen LogP contribution in [0.3, 0.4) is 0 Å². The summed E-state index contributed by atoms with van der Waals surface area (Å²) >= 11 is 7.22. The summed E-state index contributed by atoms with van der Waals surface area (Å²) < 4.78 is 1.97. The number of hydrogen-bond donors (Lipinski definition) is 1. The summed E-state index contributed by atoms with van der Waals surface area (Å²) in [7, 11) is 0. The van der Waals surface area contributed by atoms with E-state index in [1.54, 1.807) is 0 Å². The van der Waals surface area contributed by atoms with Gasteiger partial charge in [-0.25, -0.2) is 0 Å². The van der Waals surface area contributed by atoms with Gasteiger partial charge >= 0.3 is 5.97 Å². The van der Waals surface area contributed by atoms with Crippen molar-refractivity contribution in [2.45, 2.75) is 31.5 Å². The minimum Gasteiger partial charge on any atom is -0.481 e. The number of carboxylic acids is 1. The Kier molecular flexibility index (Phi) is 5.25. The van der Waals surface area contributed by atoms with Gasteiger partial charge in [-0.15, -0.1) is 10.2 Å². The zero-order chi connectivity index (χ0) is 15.4. The molecule has 5 nitrogen and oxygen atoms in total. The molecule has 2 rings (SSSR count). The third-order valence-corrected chi connectivity index (χ3v) is 4.26. The van der Waals surface area contributed by atoms with Gasteiger partial charge in [0.2, 0.25) is 0 Å². The predicted molar refractivity (Wildman–Crippen MR) is 83.0 cm³/mol. The van der Waals surface area contributed by atoms with Crippen molar-refractivity contribution in [1.82, 2.24) is 14.8 Å². The van der Waals surface area contributed by atoms with E-state index in [0.717, 1.165) is 17.8 Å². The molecule has 7 heteroatoms. The monoisotopic (exact) mass is 325 g/mol. The summed E-state index contributed by atoms with van der Waals surface area (Å²) in [5.74, 6) is -0.0808. The van der Waals surface area contributed by atoms with Crippen molar-refractivity contribution in [2.75, 3.05) is 5.75 Å². The standard InChI is InChI=1S/C14H16ClN3O2S/c1-3-12-16-17-14(21-8-13(19)20)18(12)9(2)10-5-4-6-11(15)7-10/h4-7,9H,3,8H2,1-2H3,(H,19,20). The van der Waals surface area contributed by atoms with Gasteiger partial charge in [0.05, 0.1) is 11.8 Å². The van der Waals surface area contributed by atoms with Crippen molar-refractivity contribution >= 4 is 29.3 Å². The van der Waals surface area contributed by atoms with Crippen LogP contribution >= 0.6 is 23.4 Å². The number of thioether (sulfide) groups is 1. The molecule has 0 bridgehead atoms. The number of carboxylic acid groups (broad SMARTS) is 1. The number of nitrogens with zero attached hydrogens (tertiary/aromatic N) is 3. The highest BCUT2D eigenvalue weighted by atomic mass is 35.5. The Balaban J connectivity index is 2.36. The molecule has 0 aliphatic carbocycles. The summed E-state index contributed by atoms with van der Waals surface area (Å²) in [5.41, 5.74) is 1.04. The second-order valence-electron chi connectivity index (χ2n) is 4.54. The molecule has 0 spiro atoms. The Morgan fingerprint density at radius 1 is 1.48 bits per heavy atom. The van der Waals surface area contributed by atoms with Crippen LogP contribution in [-0.2, 0) is 11.2 Å². The second-order valence-corrected chi connectivity index (χ2v) is 5.91. The molecule has 1 N–H and O–H groups in total. The van der Waals surface area contributed by atoms with Gasteiger partial charge in [-0.1, -0.05) is 42.4 Å². The van der Waals surface area contributed by atoms with E-state index in [2.05, 4.69) is 10.2 Å². The lowest BCUT2D eigenvalue weighted by Gasteiger charge is -2.18. The molecular weight excluding hydrogens is 310 g/mol. The van der Waals surface area contributed by atoms with Gasteiger partial charge in [-0.05, 0) is 24.6 Å². The Hall–Kier alpha value is -1.53. The highest BCUT2D eigenvalue weighted by Gasteiger charge is 2.19. The van der Waals surface area contributed by atoms with Crippen LogP contribution < -0.4 is 0 Å². The molecule has 0 saturated heterocycles. The lowest BCUT2D eigenvalue weighted by Crippen LogP contribution is -2.12. The lowest BCUT2D eigenvalue weighted by atomic mass is 10.1. The van der Waals surface area contributed by atoms with E-state index >= 15 is 0 Å². The van der Waals surface area contributed by atoms with Crippen LogP contribution in [-0.4, -0.2) is 31.6 Å². The molecule has 1 heterocycles. The van der Waals surface area contributed by atoms with Crippen LogP contribution in [0, 0.1) is 0 Å². The molecule has 21 heavy (non-hydrogen) atoms. The van der Waals surface area contributed by atoms with Crippen LogP contribution in [0.5, 0.6) is 0 Å². The first-order valence-electron chi connectivity index (χ1n) is 6.56. The number of halogens is 1. The maximum atomic E-state index is 10.7. The molecule has 0 aliphatic rings. The van der Waals surface area contributed by atoms with E-state index in [0.29, 0.717) is 10.2 Å². The van der Waals surface area contributed by atoms with Gasteiger partial charge in [0.25, 0.3) is 0 Å². The summed E-state index contributed by atoms with van der Waals surface area (Å²) in [6.45, 7) is 4.02. The Morgan fingerprint density at radius 2 is 2.24 bits per heavy atom. The van der Waals surface area contributed by atoms with Crippen molar-refractivity contribution in [1.29, 1.82) is 0 Å². The fourth-order valence-corrected chi connectivity index (χ4v) is 3.03. The van der Waals surface area contributed by atoms with Crippen LogP contribution in [0.4, 0.5) is 0 Å². The van der Waals surface area contributed by atoms with Gasteiger partial charge in [-0.2, -0.15) is 0 Å². The minimum absolute atomic E-state index is 0.00931. The second kappa shape index (κ2) is 6.95. The van der Waals surface area contributed by atoms with Crippen molar-refractivity contribution in [3.8, 4) is 0 Å². The number of hydrogen-bond acceptors (Lipinski definition) is 4. The number of rotatable bonds is 6. The first-order chi connectivity index (χ1) is 10.0. The van der Waals surface area contributed by atoms with E-state index in [-0.39, 0.29) is 11.8 Å². The number of aryl methyl sites for hydroxylation is 1. The van der Waals surface area contributed by atoms with E-state index in [4.69, 9.17) is 16.7 Å². The van der Waals surface area contributed by atoms with Crippen LogP contribution in [0.15, 0.2) is 29.4 Å². The molecule has 0 saturated carbocycles. The number of aromatic nitrogens is 3. The molecule has 0 fully saturated rings. The average Bonchev–Trinajstić information content (AvgIpc) is 2.87. The van der Waals surface area contributed by atoms with Crippen LogP contribution in [0.1, 0.15) is 31.3 Å². The number of carbonyl (C=O) groups is 1. The normalized spacial score (nSPS) is 12.3. The molecule has 1 aromatic carbocycles. The molecule has 1 aromatic heterocycles. The van der Waals surface area contributed by atoms with Gasteiger partial charge in [-0.3, -0.25) is 9.36 Å². The first-order valence-corrected chi connectivity index (χ1v) is 7.93. The number of benzene rings is 1. The summed E-state index contributed by atoms with van der Waals surface area (Å²) in [4.78, 5) is 10.7. The van der Waals surface area contributed by atoms with E-state index in [1.807, 2.05) is 42.7 Å². The maximum absolute atomic E-state index is 10.7. The summed E-state index contributed by atoms with van der Waals surface area (Å²) in [6.07, 6.45) is 0.728. The Bertz CT molecular complexity index is 645. The van der Waals surface area contributed by atoms with Gasteiger partial charge in [0.15, 0.2) is 5.16 Å². The largest absolute Gasteiger partial charge is 0.481 e. The maximum Gasteiger partial charge on any atom is 0.313 e. The molecule has 1 unspecified atom stereocenters. The zero-order valence-electron chi connectivity index (χ0n) is 11.8. The highest BCUT2D eigenvalue weighted by Crippen LogP contribution is 2.27. The smallest absolute Gasteiger partial charge is 0.313 e. The van der Waals surface area contributed by atoms with Crippen LogP contribution in [0.25, 0.3) is 0 Å². The Morgan fingerprint density at radius 3 is 2.86 bits per heavy atom. The van der Waals surface area contributed by atoms with Crippen molar-refractivity contribution in [3.05, 3.63) is 40.7 Å². The third kappa shape index (κ3) is 3.77.